The number of ether oxygens (including phenoxy) is 1. The number of carbonyl (C=O) groups excluding carboxylic acids is 2. The second-order valence-electron chi connectivity index (χ2n) is 8.65. The van der Waals surface area contributed by atoms with Crippen LogP contribution >= 0.6 is 11.6 Å². The average Bonchev–Trinajstić information content (AvgIpc) is 3.38. The first-order valence-electron chi connectivity index (χ1n) is 11.1. The Morgan fingerprint density at radius 1 is 1.09 bits per heavy atom. The van der Waals surface area contributed by atoms with Crippen molar-refractivity contribution < 1.29 is 14.3 Å². The van der Waals surface area contributed by atoms with Crippen molar-refractivity contribution in [1.29, 1.82) is 0 Å². The Bertz CT molecular complexity index is 1150. The molecule has 0 N–H and O–H groups in total. The summed E-state index contributed by atoms with van der Waals surface area (Å²) in [6.45, 7) is 2.25. The number of imidazole rings is 1. The summed E-state index contributed by atoms with van der Waals surface area (Å²) in [6.07, 6.45) is 7.13. The fourth-order valence-electron chi connectivity index (χ4n) is 4.69. The number of carbonyl (C=O) groups is 2. The van der Waals surface area contributed by atoms with Gasteiger partial charge in [0.2, 0.25) is 0 Å². The summed E-state index contributed by atoms with van der Waals surface area (Å²) in [5, 5.41) is 0.623. The van der Waals surface area contributed by atoms with Crippen molar-refractivity contribution >= 4 is 29.3 Å². The predicted octanol–water partition coefficient (Wildman–Crippen LogP) is 4.61. The van der Waals surface area contributed by atoms with Crippen LogP contribution in [0.15, 0.2) is 67.3 Å². The van der Waals surface area contributed by atoms with Crippen LogP contribution in [0.1, 0.15) is 35.2 Å². The number of likely N-dealkylation sites (tertiary alicyclic amines) is 1. The molecule has 2 aliphatic heterocycles. The maximum atomic E-state index is 13.5. The first kappa shape index (κ1) is 21.5. The van der Waals surface area contributed by atoms with Crippen LogP contribution in [0.5, 0.6) is 0 Å². The van der Waals surface area contributed by atoms with E-state index in [9.17, 15) is 9.59 Å². The minimum Gasteiger partial charge on any atom is -0.441 e. The second-order valence-corrected chi connectivity index (χ2v) is 9.09. The third-order valence-corrected chi connectivity index (χ3v) is 6.71. The third kappa shape index (κ3) is 4.46. The van der Waals surface area contributed by atoms with Gasteiger partial charge in [0, 0.05) is 54.7 Å². The van der Waals surface area contributed by atoms with E-state index in [2.05, 4.69) is 4.98 Å². The van der Waals surface area contributed by atoms with Gasteiger partial charge in [0.15, 0.2) is 0 Å². The van der Waals surface area contributed by atoms with Crippen LogP contribution in [-0.2, 0) is 11.3 Å². The van der Waals surface area contributed by atoms with E-state index in [0.29, 0.717) is 43.2 Å². The smallest absolute Gasteiger partial charge is 0.415 e. The van der Waals surface area contributed by atoms with Gasteiger partial charge in [-0.15, -0.1) is 0 Å². The van der Waals surface area contributed by atoms with Gasteiger partial charge in [-0.3, -0.25) is 9.69 Å². The molecule has 5 rings (SSSR count). The minimum absolute atomic E-state index is 0.0154. The molecule has 7 nitrogen and oxygen atoms in total. The number of aromatic nitrogens is 2. The topological polar surface area (TPSA) is 67.7 Å². The molecule has 3 aromatic rings. The number of amides is 2. The highest BCUT2D eigenvalue weighted by Crippen LogP contribution is 2.36. The van der Waals surface area contributed by atoms with Gasteiger partial charge in [0.05, 0.1) is 12.9 Å². The van der Waals surface area contributed by atoms with Crippen LogP contribution in [0.4, 0.5) is 10.5 Å². The number of benzene rings is 2. The van der Waals surface area contributed by atoms with E-state index in [1.165, 1.54) is 0 Å². The van der Waals surface area contributed by atoms with Crippen LogP contribution in [0.2, 0.25) is 5.02 Å². The van der Waals surface area contributed by atoms with E-state index >= 15 is 0 Å². The van der Waals surface area contributed by atoms with E-state index in [-0.39, 0.29) is 12.0 Å². The fraction of sp³-hybridized carbons (Fsp3) is 0.320. The lowest BCUT2D eigenvalue weighted by Crippen LogP contribution is -2.37. The summed E-state index contributed by atoms with van der Waals surface area (Å²) in [7, 11) is 0. The summed E-state index contributed by atoms with van der Waals surface area (Å²) >= 11 is 5.99. The first-order chi connectivity index (χ1) is 16.0. The van der Waals surface area contributed by atoms with Crippen molar-refractivity contribution in [3.63, 3.8) is 0 Å². The number of anilines is 1. The van der Waals surface area contributed by atoms with E-state index in [1.807, 2.05) is 52.1 Å². The number of nitrogens with zero attached hydrogens (tertiary/aromatic N) is 4. The van der Waals surface area contributed by atoms with Crippen molar-refractivity contribution in [2.45, 2.75) is 31.4 Å². The van der Waals surface area contributed by atoms with E-state index < -0.39 is 5.60 Å². The Hall–Kier alpha value is -3.32. The van der Waals surface area contributed by atoms with Gasteiger partial charge in [-0.05, 0) is 48.7 Å². The Morgan fingerprint density at radius 2 is 1.91 bits per heavy atom. The van der Waals surface area contributed by atoms with E-state index in [1.54, 1.807) is 29.6 Å². The normalized spacial score (nSPS) is 20.7. The molecule has 2 amide bonds. The Labute approximate surface area is 197 Å². The lowest BCUT2D eigenvalue weighted by Gasteiger charge is -2.26. The Balaban J connectivity index is 1.30. The molecule has 2 saturated heterocycles. The average molecular weight is 465 g/mol. The SMILES string of the molecule is O=C(c1ccccc1Cn1ccnc1)N1CCCC2(CC1)CN(c1ccc(Cl)cc1)C(=O)O2. The van der Waals surface area contributed by atoms with Crippen molar-refractivity contribution in [1.82, 2.24) is 14.5 Å². The van der Waals surface area contributed by atoms with Crippen LogP contribution in [-0.4, -0.2) is 51.7 Å². The molecule has 2 aromatic carbocycles. The van der Waals surface area contributed by atoms with Crippen molar-refractivity contribution in [3.8, 4) is 0 Å². The number of rotatable bonds is 4. The molecule has 8 heteroatoms. The quantitative estimate of drug-likeness (QED) is 0.565. The summed E-state index contributed by atoms with van der Waals surface area (Å²) in [4.78, 5) is 33.8. The molecule has 1 atom stereocenters. The highest BCUT2D eigenvalue weighted by Gasteiger charge is 2.46. The van der Waals surface area contributed by atoms with Crippen LogP contribution in [0.25, 0.3) is 0 Å². The second kappa shape index (κ2) is 8.90. The standard InChI is InChI=1S/C25H25ClN4O3/c26-20-6-8-21(9-7-20)30-17-25(33-24(30)32)10-3-13-29(14-11-25)23(31)22-5-2-1-4-19(22)16-28-15-12-27-18-28/h1-2,4-9,12,15,18H,3,10-11,13-14,16-17H2. The molecule has 1 spiro atoms. The Kier molecular flexibility index (Phi) is 5.81. The first-order valence-corrected chi connectivity index (χ1v) is 11.5. The van der Waals surface area contributed by atoms with Crippen LogP contribution in [0, 0.1) is 0 Å². The fourth-order valence-corrected chi connectivity index (χ4v) is 4.81. The lowest BCUT2D eigenvalue weighted by molar-refractivity contribution is 0.0438. The third-order valence-electron chi connectivity index (χ3n) is 6.45. The molecule has 2 fully saturated rings. The van der Waals surface area contributed by atoms with Gasteiger partial charge in [-0.25, -0.2) is 9.78 Å². The molecule has 2 aliphatic rings. The molecular formula is C25H25ClN4O3. The summed E-state index contributed by atoms with van der Waals surface area (Å²) in [5.41, 5.74) is 1.85. The summed E-state index contributed by atoms with van der Waals surface area (Å²) in [5.74, 6) is 0.0154. The molecule has 3 heterocycles. The minimum atomic E-state index is -0.581. The van der Waals surface area contributed by atoms with Gasteiger partial charge in [-0.1, -0.05) is 29.8 Å². The van der Waals surface area contributed by atoms with Crippen molar-refractivity contribution in [2.24, 2.45) is 0 Å². The molecule has 0 bridgehead atoms. The molecule has 0 radical (unpaired) electrons. The van der Waals surface area contributed by atoms with Crippen LogP contribution in [0.3, 0.4) is 0 Å². The van der Waals surface area contributed by atoms with Gasteiger partial charge >= 0.3 is 6.09 Å². The molecule has 1 aromatic heterocycles. The number of halogens is 1. The zero-order valence-electron chi connectivity index (χ0n) is 18.2. The summed E-state index contributed by atoms with van der Waals surface area (Å²) in [6, 6.07) is 14.9. The van der Waals surface area contributed by atoms with E-state index in [0.717, 1.165) is 24.1 Å². The summed E-state index contributed by atoms with van der Waals surface area (Å²) < 4.78 is 7.85. The highest BCUT2D eigenvalue weighted by atomic mass is 35.5. The maximum absolute atomic E-state index is 13.5. The molecule has 0 saturated carbocycles. The van der Waals surface area contributed by atoms with Crippen molar-refractivity contribution in [3.05, 3.63) is 83.4 Å². The van der Waals surface area contributed by atoms with Crippen LogP contribution < -0.4 is 4.90 Å². The molecule has 170 valence electrons. The van der Waals surface area contributed by atoms with Gasteiger partial charge in [0.25, 0.3) is 5.91 Å². The zero-order valence-corrected chi connectivity index (χ0v) is 18.9. The molecule has 0 aliphatic carbocycles. The predicted molar refractivity (Wildman–Crippen MR) is 126 cm³/mol. The maximum Gasteiger partial charge on any atom is 0.415 e. The van der Waals surface area contributed by atoms with E-state index in [4.69, 9.17) is 16.3 Å². The Morgan fingerprint density at radius 3 is 2.70 bits per heavy atom. The monoisotopic (exact) mass is 464 g/mol. The molecule has 1 unspecified atom stereocenters. The number of hydrogen-bond acceptors (Lipinski definition) is 4. The molecule has 33 heavy (non-hydrogen) atoms. The zero-order chi connectivity index (χ0) is 22.8. The largest absolute Gasteiger partial charge is 0.441 e. The lowest BCUT2D eigenvalue weighted by atomic mass is 9.95. The van der Waals surface area contributed by atoms with Gasteiger partial charge < -0.3 is 14.2 Å². The highest BCUT2D eigenvalue weighted by molar-refractivity contribution is 6.30. The number of hydrogen-bond donors (Lipinski definition) is 0. The molecular weight excluding hydrogens is 440 g/mol. The van der Waals surface area contributed by atoms with Crippen molar-refractivity contribution in [2.75, 3.05) is 24.5 Å². The van der Waals surface area contributed by atoms with Gasteiger partial charge in [0.1, 0.15) is 5.60 Å². The van der Waals surface area contributed by atoms with Gasteiger partial charge in [-0.2, -0.15) is 0 Å².